The van der Waals surface area contributed by atoms with Gasteiger partial charge in [0.25, 0.3) is 0 Å². The maximum Gasteiger partial charge on any atom is 0.222 e. The predicted octanol–water partition coefficient (Wildman–Crippen LogP) is 3.42. The fourth-order valence-corrected chi connectivity index (χ4v) is 1.89. The van der Waals surface area contributed by atoms with Gasteiger partial charge in [0.1, 0.15) is 5.82 Å². The number of hydrogen-bond donors (Lipinski definition) is 1. The largest absolute Gasteiger partial charge is 0.353 e. The lowest BCUT2D eigenvalue weighted by Gasteiger charge is -1.95. The summed E-state index contributed by atoms with van der Waals surface area (Å²) in [6.07, 6.45) is 1.56. The van der Waals surface area contributed by atoms with Gasteiger partial charge < -0.3 is 4.98 Å². The Morgan fingerprint density at radius 2 is 2.12 bits per heavy atom. The number of benzene rings is 1. The molecular formula is C12H7ClFN3. The van der Waals surface area contributed by atoms with Crippen molar-refractivity contribution >= 4 is 22.5 Å². The van der Waals surface area contributed by atoms with E-state index in [1.807, 2.05) is 6.07 Å². The number of nitrogens with one attached hydrogen (secondary N) is 1. The second kappa shape index (κ2) is 3.82. The maximum atomic E-state index is 13.5. The summed E-state index contributed by atoms with van der Waals surface area (Å²) >= 11 is 5.71. The van der Waals surface area contributed by atoms with E-state index >= 15 is 0 Å². The van der Waals surface area contributed by atoms with E-state index in [-0.39, 0.29) is 11.1 Å². The molecule has 0 radical (unpaired) electrons. The lowest BCUT2D eigenvalue weighted by Crippen LogP contribution is -1.85. The Hall–Kier alpha value is -1.94. The monoisotopic (exact) mass is 247 g/mol. The molecule has 0 fully saturated rings. The van der Waals surface area contributed by atoms with Gasteiger partial charge in [-0.3, -0.25) is 0 Å². The van der Waals surface area contributed by atoms with Crippen LogP contribution in [0.2, 0.25) is 5.28 Å². The molecule has 2 aromatic heterocycles. The number of H-pyrrole nitrogens is 1. The highest BCUT2D eigenvalue weighted by atomic mass is 35.5. The minimum atomic E-state index is -0.259. The van der Waals surface area contributed by atoms with Gasteiger partial charge in [-0.05, 0) is 35.9 Å². The van der Waals surface area contributed by atoms with Gasteiger partial charge >= 0.3 is 0 Å². The molecule has 1 N–H and O–H groups in total. The number of aromatic amines is 1. The van der Waals surface area contributed by atoms with Crippen LogP contribution in [-0.4, -0.2) is 15.0 Å². The standard InChI is InChI=1S/C12H7ClFN3/c13-12-15-5-4-10(17-12)11-6-7-8(14)2-1-3-9(7)16-11/h1-6,16H. The SMILES string of the molecule is Fc1cccc2[nH]c(-c3ccnc(Cl)n3)cc12. The molecule has 0 amide bonds. The smallest absolute Gasteiger partial charge is 0.222 e. The summed E-state index contributed by atoms with van der Waals surface area (Å²) in [6.45, 7) is 0. The molecule has 5 heteroatoms. The van der Waals surface area contributed by atoms with Crippen LogP contribution in [0.4, 0.5) is 4.39 Å². The van der Waals surface area contributed by atoms with Crippen molar-refractivity contribution in [2.45, 2.75) is 0 Å². The molecular weight excluding hydrogens is 241 g/mol. The molecule has 2 heterocycles. The van der Waals surface area contributed by atoms with Crippen molar-refractivity contribution in [1.29, 1.82) is 0 Å². The fourth-order valence-electron chi connectivity index (χ4n) is 1.74. The molecule has 0 aliphatic rings. The molecule has 3 aromatic rings. The Bertz CT molecular complexity index is 693. The zero-order valence-electron chi connectivity index (χ0n) is 8.61. The quantitative estimate of drug-likeness (QED) is 0.670. The van der Waals surface area contributed by atoms with E-state index in [0.717, 1.165) is 11.2 Å². The van der Waals surface area contributed by atoms with Gasteiger partial charge in [-0.1, -0.05) is 6.07 Å². The maximum absolute atomic E-state index is 13.5. The number of aromatic nitrogens is 3. The highest BCUT2D eigenvalue weighted by Crippen LogP contribution is 2.24. The van der Waals surface area contributed by atoms with Crippen LogP contribution >= 0.6 is 11.6 Å². The summed E-state index contributed by atoms with van der Waals surface area (Å²) in [6, 6.07) is 8.32. The first-order valence-corrected chi connectivity index (χ1v) is 5.38. The van der Waals surface area contributed by atoms with E-state index in [1.54, 1.807) is 24.4 Å². The molecule has 0 atom stereocenters. The normalized spacial score (nSPS) is 10.9. The summed E-state index contributed by atoms with van der Waals surface area (Å²) in [5, 5.41) is 0.707. The van der Waals surface area contributed by atoms with E-state index in [4.69, 9.17) is 11.6 Å². The number of nitrogens with zero attached hydrogens (tertiary/aromatic N) is 2. The number of hydrogen-bond acceptors (Lipinski definition) is 2. The third-order valence-corrected chi connectivity index (χ3v) is 2.70. The highest BCUT2D eigenvalue weighted by molar-refractivity contribution is 6.28. The zero-order chi connectivity index (χ0) is 11.8. The van der Waals surface area contributed by atoms with E-state index in [9.17, 15) is 4.39 Å². The van der Waals surface area contributed by atoms with Crippen molar-refractivity contribution < 1.29 is 4.39 Å². The first-order chi connectivity index (χ1) is 8.24. The molecule has 0 aliphatic heterocycles. The molecule has 0 bridgehead atoms. The number of halogens is 2. The van der Waals surface area contributed by atoms with Crippen LogP contribution in [0, 0.1) is 5.82 Å². The molecule has 0 spiro atoms. The van der Waals surface area contributed by atoms with E-state index < -0.39 is 0 Å². The lowest BCUT2D eigenvalue weighted by molar-refractivity contribution is 0.640. The molecule has 0 saturated heterocycles. The van der Waals surface area contributed by atoms with E-state index in [0.29, 0.717) is 11.1 Å². The van der Waals surface area contributed by atoms with Crippen LogP contribution in [0.1, 0.15) is 0 Å². The predicted molar refractivity (Wildman–Crippen MR) is 64.3 cm³/mol. The van der Waals surface area contributed by atoms with Crippen molar-refractivity contribution in [2.75, 3.05) is 0 Å². The average molecular weight is 248 g/mol. The van der Waals surface area contributed by atoms with Gasteiger partial charge in [0.15, 0.2) is 0 Å². The molecule has 3 rings (SSSR count). The van der Waals surface area contributed by atoms with Crippen LogP contribution in [0.3, 0.4) is 0 Å². The van der Waals surface area contributed by atoms with Crippen molar-refractivity contribution in [2.24, 2.45) is 0 Å². The Kier molecular flexibility index (Phi) is 2.30. The second-order valence-corrected chi connectivity index (χ2v) is 3.93. The highest BCUT2D eigenvalue weighted by Gasteiger charge is 2.08. The summed E-state index contributed by atoms with van der Waals surface area (Å²) in [7, 11) is 0. The molecule has 0 unspecified atom stereocenters. The minimum Gasteiger partial charge on any atom is -0.353 e. The Morgan fingerprint density at radius 1 is 1.24 bits per heavy atom. The lowest BCUT2D eigenvalue weighted by atomic mass is 10.2. The van der Waals surface area contributed by atoms with Crippen molar-refractivity contribution in [3.8, 4) is 11.4 Å². The topological polar surface area (TPSA) is 41.6 Å². The molecule has 1 aromatic carbocycles. The molecule has 0 saturated carbocycles. The molecule has 0 aliphatic carbocycles. The van der Waals surface area contributed by atoms with Crippen molar-refractivity contribution in [1.82, 2.24) is 15.0 Å². The number of rotatable bonds is 1. The fraction of sp³-hybridized carbons (Fsp3) is 0. The van der Waals surface area contributed by atoms with Crippen molar-refractivity contribution in [3.63, 3.8) is 0 Å². The van der Waals surface area contributed by atoms with Gasteiger partial charge in [0.2, 0.25) is 5.28 Å². The van der Waals surface area contributed by atoms with Crippen LogP contribution in [0.15, 0.2) is 36.5 Å². The first-order valence-electron chi connectivity index (χ1n) is 5.00. The molecule has 3 nitrogen and oxygen atoms in total. The first kappa shape index (κ1) is 10.2. The Balaban J connectivity index is 2.22. The van der Waals surface area contributed by atoms with E-state index in [1.165, 1.54) is 6.07 Å². The van der Waals surface area contributed by atoms with Crippen LogP contribution < -0.4 is 0 Å². The second-order valence-electron chi connectivity index (χ2n) is 3.59. The Labute approximate surface area is 101 Å². The van der Waals surface area contributed by atoms with Crippen molar-refractivity contribution in [3.05, 3.63) is 47.6 Å². The van der Waals surface area contributed by atoms with Crippen LogP contribution in [0.5, 0.6) is 0 Å². The van der Waals surface area contributed by atoms with E-state index in [2.05, 4.69) is 15.0 Å². The van der Waals surface area contributed by atoms with Crippen LogP contribution in [-0.2, 0) is 0 Å². The van der Waals surface area contributed by atoms with Gasteiger partial charge in [-0.25, -0.2) is 14.4 Å². The number of fused-ring (bicyclic) bond motifs is 1. The average Bonchev–Trinajstić information content (AvgIpc) is 2.74. The summed E-state index contributed by atoms with van der Waals surface area (Å²) < 4.78 is 13.5. The van der Waals surface area contributed by atoms with Gasteiger partial charge in [-0.15, -0.1) is 0 Å². The summed E-state index contributed by atoms with van der Waals surface area (Å²) in [5.41, 5.74) is 2.09. The third kappa shape index (κ3) is 1.76. The minimum absolute atomic E-state index is 0.168. The van der Waals surface area contributed by atoms with Crippen LogP contribution in [0.25, 0.3) is 22.3 Å². The zero-order valence-corrected chi connectivity index (χ0v) is 9.37. The molecule has 84 valence electrons. The summed E-state index contributed by atoms with van der Waals surface area (Å²) in [5.74, 6) is -0.259. The third-order valence-electron chi connectivity index (χ3n) is 2.51. The Morgan fingerprint density at radius 3 is 2.88 bits per heavy atom. The van der Waals surface area contributed by atoms with Gasteiger partial charge in [0, 0.05) is 17.1 Å². The summed E-state index contributed by atoms with van der Waals surface area (Å²) in [4.78, 5) is 11.0. The van der Waals surface area contributed by atoms with Gasteiger partial charge in [-0.2, -0.15) is 0 Å². The molecule has 17 heavy (non-hydrogen) atoms. The van der Waals surface area contributed by atoms with Gasteiger partial charge in [0.05, 0.1) is 11.4 Å².